The lowest BCUT2D eigenvalue weighted by Crippen LogP contribution is -2.64. The van der Waals surface area contributed by atoms with Gasteiger partial charge in [-0.2, -0.15) is 0 Å². The predicted molar refractivity (Wildman–Crippen MR) is 209 cm³/mol. The van der Waals surface area contributed by atoms with Crippen molar-refractivity contribution in [2.75, 3.05) is 14.1 Å². The van der Waals surface area contributed by atoms with E-state index in [2.05, 4.69) is 0 Å². The number of likely N-dealkylation sites (N-methyl/N-ethyl adjacent to an activating group) is 1. The third-order valence-electron chi connectivity index (χ3n) is 9.04. The lowest BCUT2D eigenvalue weighted by Gasteiger charge is -2.41. The molecule has 0 aliphatic rings. The first-order valence-electron chi connectivity index (χ1n) is 19.1. The number of nitrogens with zero attached hydrogens (tertiary/aromatic N) is 1. The van der Waals surface area contributed by atoms with E-state index in [1.165, 1.54) is 13.8 Å². The number of rotatable bonds is 34. The van der Waals surface area contributed by atoms with Gasteiger partial charge in [0.25, 0.3) is 104 Å². The maximum atomic E-state index is 13.3. The highest BCUT2D eigenvalue weighted by Crippen LogP contribution is 2.22. The maximum Gasteiger partial charge on any atom is 0.281 e. The molecule has 67 heavy (non-hydrogen) atoms. The molecule has 0 saturated heterocycles. The molecule has 0 bridgehead atoms. The summed E-state index contributed by atoms with van der Waals surface area (Å²) in [6, 6.07) is -3.93. The van der Waals surface area contributed by atoms with Gasteiger partial charge in [0.2, 0.25) is 34.7 Å². The summed E-state index contributed by atoms with van der Waals surface area (Å²) in [5.74, 6) is -51.7. The fraction of sp³-hybridized carbons (Fsp3) is 0.333. The molecule has 25 heteroatoms. The van der Waals surface area contributed by atoms with Crippen LogP contribution in [-0.2, 0) is 115 Å². The average Bonchev–Trinajstić information content (AvgIpc) is 3.30. The summed E-state index contributed by atoms with van der Waals surface area (Å²) in [5.41, 5.74) is 0. The molecule has 0 saturated carbocycles. The van der Waals surface area contributed by atoms with Crippen LogP contribution in [0.2, 0.25) is 0 Å². The van der Waals surface area contributed by atoms with Gasteiger partial charge in [0.05, 0.1) is 14.1 Å². The summed E-state index contributed by atoms with van der Waals surface area (Å²) in [6.45, 7) is 5.15. The van der Waals surface area contributed by atoms with Crippen molar-refractivity contribution in [2.24, 2.45) is 0 Å². The standard InChI is InChI=1S/C42H36NO24/c1-7-11-19(44)27(52)35(60)29(54)21(46)13-15-23(48)31(56)37(62)41(66)39(64)33(58)25(50)17(9-3)43(5,6)18(10-4)26(51)34(59)40(65)42(67)38(63)32(57)24(49)16-14-22(47)30(55)36(61)28(53)20(45)12-8-2/h13-18H,7-12H2,1-6H3/q+1/b15-13-,16-14-. The molecule has 2 unspecified atom stereocenters. The van der Waals surface area contributed by atoms with Crippen LogP contribution >= 0.6 is 0 Å². The SMILES string of the molecule is CCCC(=O)C(=O)C(=O)C(=O)C(=O)/C=C\C(=O)C(=O)C(=O)C(=O)C(=O)C(=O)C(=O)C(CC)[N+](C)(C)C(CC)C(=O)C(=O)C(=O)C(=O)C(=O)C(=O)C(=O)/C=C\C(=O)C(=O)C(=O)C(=O)C(=O)CCC. The van der Waals surface area contributed by atoms with Crippen LogP contribution in [0, 0.1) is 0 Å². The Labute approximate surface area is 374 Å². The van der Waals surface area contributed by atoms with Crippen molar-refractivity contribution in [2.45, 2.75) is 78.3 Å². The average molecular weight is 939 g/mol. The molecule has 352 valence electrons. The molecule has 0 aromatic carbocycles. The molecule has 0 spiro atoms. The zero-order valence-corrected chi connectivity index (χ0v) is 36.0. The summed E-state index contributed by atoms with van der Waals surface area (Å²) in [7, 11) is 1.88. The number of ketones is 24. The van der Waals surface area contributed by atoms with Gasteiger partial charge in [-0.1, -0.05) is 27.7 Å². The van der Waals surface area contributed by atoms with Crippen molar-refractivity contribution < 1.29 is 120 Å². The lowest BCUT2D eigenvalue weighted by molar-refractivity contribution is -0.920. The molecule has 0 aliphatic carbocycles. The van der Waals surface area contributed by atoms with E-state index in [1.807, 2.05) is 0 Å². The largest absolute Gasteiger partial charge is 0.310 e. The van der Waals surface area contributed by atoms with E-state index in [0.29, 0.717) is 0 Å². The fourth-order valence-corrected chi connectivity index (χ4v) is 5.47. The number of hydrogen-bond acceptors (Lipinski definition) is 24. The number of carbonyl (C=O) groups excluding carboxylic acids is 24. The Hall–Kier alpha value is -8.48. The second-order valence-corrected chi connectivity index (χ2v) is 13.9. The second-order valence-electron chi connectivity index (χ2n) is 13.9. The summed E-state index contributed by atoms with van der Waals surface area (Å²) in [5, 5.41) is 0. The topological polar surface area (TPSA) is 410 Å². The Morgan fingerprint density at radius 1 is 0.299 bits per heavy atom. The quantitative estimate of drug-likeness (QED) is 0.0252. The molecule has 0 radical (unpaired) electrons. The highest BCUT2D eigenvalue weighted by Gasteiger charge is 2.51. The zero-order valence-electron chi connectivity index (χ0n) is 36.0. The van der Waals surface area contributed by atoms with E-state index < -0.39 is 181 Å². The second kappa shape index (κ2) is 25.1. The van der Waals surface area contributed by atoms with Gasteiger partial charge in [0, 0.05) is 25.7 Å². The van der Waals surface area contributed by atoms with Gasteiger partial charge in [0.1, 0.15) is 0 Å². The first-order chi connectivity index (χ1) is 30.9. The molecule has 0 N–H and O–H groups in total. The van der Waals surface area contributed by atoms with Gasteiger partial charge < -0.3 is 4.48 Å². The summed E-state index contributed by atoms with van der Waals surface area (Å²) in [6.07, 6.45) is -2.39. The molecular formula is C42H36NO24+. The number of quaternary nitrogens is 1. The van der Waals surface area contributed by atoms with Crippen LogP contribution in [0.4, 0.5) is 0 Å². The molecule has 0 rings (SSSR count). The molecule has 0 heterocycles. The molecule has 0 aromatic heterocycles. The lowest BCUT2D eigenvalue weighted by atomic mass is 9.91. The summed E-state index contributed by atoms with van der Waals surface area (Å²) >= 11 is 0. The summed E-state index contributed by atoms with van der Waals surface area (Å²) in [4.78, 5) is 293. The van der Waals surface area contributed by atoms with Crippen LogP contribution in [0.3, 0.4) is 0 Å². The van der Waals surface area contributed by atoms with Crippen LogP contribution in [0.1, 0.15) is 66.2 Å². The number of carbonyl (C=O) groups is 24. The van der Waals surface area contributed by atoms with E-state index in [-0.39, 0.29) is 37.1 Å². The van der Waals surface area contributed by atoms with Crippen molar-refractivity contribution in [1.82, 2.24) is 0 Å². The van der Waals surface area contributed by atoms with E-state index >= 15 is 0 Å². The van der Waals surface area contributed by atoms with Gasteiger partial charge in [-0.15, -0.1) is 0 Å². The fourth-order valence-electron chi connectivity index (χ4n) is 5.47. The van der Waals surface area contributed by atoms with Crippen LogP contribution in [0.15, 0.2) is 24.3 Å². The summed E-state index contributed by atoms with van der Waals surface area (Å²) < 4.78 is -1.18. The predicted octanol–water partition coefficient (Wildman–Crippen LogP) is -5.01. The minimum Gasteiger partial charge on any atom is -0.310 e. The molecule has 0 fully saturated rings. The molecule has 0 aliphatic heterocycles. The van der Waals surface area contributed by atoms with E-state index in [4.69, 9.17) is 0 Å². The van der Waals surface area contributed by atoms with Gasteiger partial charge in [-0.05, 0) is 37.1 Å². The smallest absolute Gasteiger partial charge is 0.281 e. The maximum absolute atomic E-state index is 13.3. The van der Waals surface area contributed by atoms with Gasteiger partial charge in [-0.3, -0.25) is 115 Å². The van der Waals surface area contributed by atoms with Crippen molar-refractivity contribution in [3.63, 3.8) is 0 Å². The third-order valence-corrected chi connectivity index (χ3v) is 9.04. The van der Waals surface area contributed by atoms with E-state index in [1.54, 1.807) is 0 Å². The Morgan fingerprint density at radius 2 is 0.493 bits per heavy atom. The molecule has 25 nitrogen and oxygen atoms in total. The van der Waals surface area contributed by atoms with E-state index in [9.17, 15) is 115 Å². The number of allylic oxidation sites excluding steroid dienone is 4. The van der Waals surface area contributed by atoms with Crippen molar-refractivity contribution in [3.8, 4) is 0 Å². The Kier molecular flexibility index (Phi) is 21.9. The van der Waals surface area contributed by atoms with Gasteiger partial charge in [0.15, 0.2) is 12.1 Å². The first kappa shape index (κ1) is 58.5. The van der Waals surface area contributed by atoms with Crippen LogP contribution in [-0.4, -0.2) is 169 Å². The normalized spacial score (nSPS) is 11.8. The number of Topliss-reactive ketones (excluding diaryl/α,β-unsaturated/α-hetero) is 20. The van der Waals surface area contributed by atoms with Crippen LogP contribution in [0.5, 0.6) is 0 Å². The molecule has 0 aromatic rings. The number of hydrogen-bond donors (Lipinski definition) is 0. The molecule has 0 amide bonds. The Balaban J connectivity index is 6.07. The van der Waals surface area contributed by atoms with Gasteiger partial charge in [-0.25, -0.2) is 0 Å². The van der Waals surface area contributed by atoms with Crippen LogP contribution < -0.4 is 0 Å². The molecule has 2 atom stereocenters. The van der Waals surface area contributed by atoms with Crippen molar-refractivity contribution >= 4 is 139 Å². The Morgan fingerprint density at radius 3 is 0.701 bits per heavy atom. The van der Waals surface area contributed by atoms with Gasteiger partial charge >= 0.3 is 0 Å². The van der Waals surface area contributed by atoms with E-state index in [0.717, 1.165) is 27.9 Å². The highest BCUT2D eigenvalue weighted by atomic mass is 16.2. The third kappa shape index (κ3) is 14.3. The molecular weight excluding hydrogens is 902 g/mol. The highest BCUT2D eigenvalue weighted by molar-refractivity contribution is 6.97. The zero-order chi connectivity index (χ0) is 52.6. The Bertz CT molecular complexity index is 2350. The minimum absolute atomic E-state index is 0.0817. The minimum atomic E-state index is -2.60. The van der Waals surface area contributed by atoms with Crippen molar-refractivity contribution in [3.05, 3.63) is 24.3 Å². The first-order valence-corrected chi connectivity index (χ1v) is 19.1. The monoisotopic (exact) mass is 938 g/mol. The van der Waals surface area contributed by atoms with Crippen molar-refractivity contribution in [1.29, 1.82) is 0 Å². The van der Waals surface area contributed by atoms with Crippen LogP contribution in [0.25, 0.3) is 0 Å².